The minimum Gasteiger partial charge on any atom is -0.490 e. The molecule has 0 atom stereocenters. The van der Waals surface area contributed by atoms with Gasteiger partial charge in [0.1, 0.15) is 12.4 Å². The van der Waals surface area contributed by atoms with E-state index in [1.165, 1.54) is 6.07 Å². The van der Waals surface area contributed by atoms with Crippen LogP contribution in [0.1, 0.15) is 18.1 Å². The van der Waals surface area contributed by atoms with Crippen LogP contribution in [0.5, 0.6) is 11.5 Å². The lowest BCUT2D eigenvalue weighted by molar-refractivity contribution is 0.266. The second-order valence-corrected chi connectivity index (χ2v) is 4.30. The highest BCUT2D eigenvalue weighted by molar-refractivity contribution is 5.39. The van der Waals surface area contributed by atoms with E-state index in [9.17, 15) is 4.39 Å². The van der Waals surface area contributed by atoms with E-state index in [4.69, 9.17) is 15.2 Å². The average molecular weight is 275 g/mol. The number of halogens is 1. The van der Waals surface area contributed by atoms with Gasteiger partial charge in [0.05, 0.1) is 6.61 Å². The first-order valence-electron chi connectivity index (χ1n) is 6.56. The molecule has 0 aromatic heterocycles. The van der Waals surface area contributed by atoms with E-state index in [0.29, 0.717) is 30.2 Å². The molecular weight excluding hydrogens is 257 g/mol. The maximum absolute atomic E-state index is 13.8. The van der Waals surface area contributed by atoms with Crippen molar-refractivity contribution >= 4 is 0 Å². The van der Waals surface area contributed by atoms with Crippen LogP contribution >= 0.6 is 0 Å². The van der Waals surface area contributed by atoms with Gasteiger partial charge in [-0.1, -0.05) is 24.3 Å². The van der Waals surface area contributed by atoms with Crippen molar-refractivity contribution in [3.63, 3.8) is 0 Å². The van der Waals surface area contributed by atoms with Gasteiger partial charge in [0.2, 0.25) is 0 Å². The minimum atomic E-state index is -0.304. The van der Waals surface area contributed by atoms with Crippen LogP contribution in [0.3, 0.4) is 0 Å². The summed E-state index contributed by atoms with van der Waals surface area (Å²) in [5, 5.41) is 0. The van der Waals surface area contributed by atoms with Gasteiger partial charge in [-0.15, -0.1) is 0 Å². The van der Waals surface area contributed by atoms with Gasteiger partial charge in [-0.3, -0.25) is 0 Å². The molecule has 2 aromatic carbocycles. The predicted octanol–water partition coefficient (Wildman–Crippen LogP) is 3.26. The average Bonchev–Trinajstić information content (AvgIpc) is 2.47. The third-order valence-electron chi connectivity index (χ3n) is 2.89. The van der Waals surface area contributed by atoms with Gasteiger partial charge in [0.15, 0.2) is 11.5 Å². The molecule has 4 heteroatoms. The molecule has 0 amide bonds. The van der Waals surface area contributed by atoms with Crippen LogP contribution < -0.4 is 15.2 Å². The van der Waals surface area contributed by atoms with Crippen molar-refractivity contribution in [1.82, 2.24) is 0 Å². The van der Waals surface area contributed by atoms with Gasteiger partial charge < -0.3 is 15.2 Å². The summed E-state index contributed by atoms with van der Waals surface area (Å²) in [6, 6.07) is 12.3. The van der Waals surface area contributed by atoms with Crippen molar-refractivity contribution in [3.05, 3.63) is 59.4 Å². The fourth-order valence-corrected chi connectivity index (χ4v) is 1.83. The Labute approximate surface area is 118 Å². The highest BCUT2D eigenvalue weighted by Gasteiger charge is 2.07. The van der Waals surface area contributed by atoms with E-state index in [2.05, 4.69) is 0 Å². The molecule has 0 heterocycles. The normalized spacial score (nSPS) is 10.3. The van der Waals surface area contributed by atoms with Crippen LogP contribution in [0, 0.1) is 5.82 Å². The van der Waals surface area contributed by atoms with E-state index < -0.39 is 0 Å². The molecule has 0 bridgehead atoms. The Morgan fingerprint density at radius 2 is 1.75 bits per heavy atom. The van der Waals surface area contributed by atoms with E-state index in [1.807, 2.05) is 25.1 Å². The first kappa shape index (κ1) is 14.3. The van der Waals surface area contributed by atoms with Crippen molar-refractivity contribution < 1.29 is 13.9 Å². The second-order valence-electron chi connectivity index (χ2n) is 4.30. The van der Waals surface area contributed by atoms with Crippen LogP contribution in [0.25, 0.3) is 0 Å². The molecule has 2 aromatic rings. The zero-order chi connectivity index (χ0) is 14.4. The van der Waals surface area contributed by atoms with Gasteiger partial charge in [-0.05, 0) is 30.7 Å². The van der Waals surface area contributed by atoms with E-state index in [-0.39, 0.29) is 12.4 Å². The van der Waals surface area contributed by atoms with E-state index in [1.54, 1.807) is 18.2 Å². The van der Waals surface area contributed by atoms with Crippen molar-refractivity contribution in [2.75, 3.05) is 6.61 Å². The molecule has 3 nitrogen and oxygen atoms in total. The van der Waals surface area contributed by atoms with Gasteiger partial charge in [-0.25, -0.2) is 4.39 Å². The number of hydrogen-bond donors (Lipinski definition) is 1. The summed E-state index contributed by atoms with van der Waals surface area (Å²) in [6.07, 6.45) is 0. The lowest BCUT2D eigenvalue weighted by Gasteiger charge is -2.12. The third kappa shape index (κ3) is 3.48. The zero-order valence-electron chi connectivity index (χ0n) is 11.4. The van der Waals surface area contributed by atoms with E-state index in [0.717, 1.165) is 5.56 Å². The topological polar surface area (TPSA) is 44.5 Å². The highest BCUT2D eigenvalue weighted by atomic mass is 19.1. The molecule has 20 heavy (non-hydrogen) atoms. The molecule has 2 N–H and O–H groups in total. The van der Waals surface area contributed by atoms with Crippen molar-refractivity contribution in [2.45, 2.75) is 20.1 Å². The number of rotatable bonds is 6. The lowest BCUT2D eigenvalue weighted by atomic mass is 10.1. The number of nitrogens with two attached hydrogens (primary N) is 1. The van der Waals surface area contributed by atoms with Gasteiger partial charge in [0.25, 0.3) is 0 Å². The standard InChI is InChI=1S/C16H18FNO2/c1-2-19-15-5-3-4-6-16(15)20-11-13-8-7-12(10-18)9-14(13)17/h3-9H,2,10-11,18H2,1H3. The Hall–Kier alpha value is -2.07. The lowest BCUT2D eigenvalue weighted by Crippen LogP contribution is -2.03. The maximum atomic E-state index is 13.8. The van der Waals surface area contributed by atoms with Crippen molar-refractivity contribution in [3.8, 4) is 11.5 Å². The highest BCUT2D eigenvalue weighted by Crippen LogP contribution is 2.27. The number of benzene rings is 2. The van der Waals surface area contributed by atoms with Gasteiger partial charge in [-0.2, -0.15) is 0 Å². The van der Waals surface area contributed by atoms with Gasteiger partial charge in [0, 0.05) is 12.1 Å². The smallest absolute Gasteiger partial charge is 0.161 e. The third-order valence-corrected chi connectivity index (χ3v) is 2.89. The first-order chi connectivity index (χ1) is 9.74. The number of para-hydroxylation sites is 2. The van der Waals surface area contributed by atoms with Crippen LogP contribution in [-0.2, 0) is 13.2 Å². The van der Waals surface area contributed by atoms with E-state index >= 15 is 0 Å². The molecule has 0 saturated carbocycles. The largest absolute Gasteiger partial charge is 0.490 e. The molecule has 0 aliphatic carbocycles. The molecular formula is C16H18FNO2. The zero-order valence-corrected chi connectivity index (χ0v) is 11.4. The molecule has 0 saturated heterocycles. The van der Waals surface area contributed by atoms with Crippen molar-refractivity contribution in [1.29, 1.82) is 0 Å². The summed E-state index contributed by atoms with van der Waals surface area (Å²) in [5.74, 6) is 0.965. The number of hydrogen-bond acceptors (Lipinski definition) is 3. The summed E-state index contributed by atoms with van der Waals surface area (Å²) in [5.41, 5.74) is 6.73. The molecule has 0 radical (unpaired) electrons. The molecule has 106 valence electrons. The summed E-state index contributed by atoms with van der Waals surface area (Å²) < 4.78 is 24.9. The Morgan fingerprint density at radius 1 is 1.05 bits per heavy atom. The Morgan fingerprint density at radius 3 is 2.35 bits per heavy atom. The Kier molecular flexibility index (Phi) is 4.96. The molecule has 2 rings (SSSR count). The molecule has 0 fully saturated rings. The molecule has 0 aliphatic rings. The molecule has 0 spiro atoms. The fraction of sp³-hybridized carbons (Fsp3) is 0.250. The van der Waals surface area contributed by atoms with Crippen LogP contribution in [0.2, 0.25) is 0 Å². The van der Waals surface area contributed by atoms with Crippen molar-refractivity contribution in [2.24, 2.45) is 5.73 Å². The second kappa shape index (κ2) is 6.91. The summed E-state index contributed by atoms with van der Waals surface area (Å²) in [7, 11) is 0. The van der Waals surface area contributed by atoms with Gasteiger partial charge >= 0.3 is 0 Å². The Bertz CT molecular complexity index is 572. The maximum Gasteiger partial charge on any atom is 0.161 e. The number of ether oxygens (including phenoxy) is 2. The monoisotopic (exact) mass is 275 g/mol. The first-order valence-corrected chi connectivity index (χ1v) is 6.56. The molecule has 0 aliphatic heterocycles. The SMILES string of the molecule is CCOc1ccccc1OCc1ccc(CN)cc1F. The summed E-state index contributed by atoms with van der Waals surface area (Å²) >= 11 is 0. The summed E-state index contributed by atoms with van der Waals surface area (Å²) in [6.45, 7) is 2.94. The Balaban J connectivity index is 2.09. The quantitative estimate of drug-likeness (QED) is 0.880. The van der Waals surface area contributed by atoms with Crippen LogP contribution in [0.4, 0.5) is 4.39 Å². The summed E-state index contributed by atoms with van der Waals surface area (Å²) in [4.78, 5) is 0. The fourth-order valence-electron chi connectivity index (χ4n) is 1.83. The minimum absolute atomic E-state index is 0.154. The van der Waals surface area contributed by atoms with Crippen LogP contribution in [-0.4, -0.2) is 6.61 Å². The molecule has 0 unspecified atom stereocenters. The predicted molar refractivity (Wildman–Crippen MR) is 76.2 cm³/mol. The van der Waals surface area contributed by atoms with Crippen LogP contribution in [0.15, 0.2) is 42.5 Å².